The summed E-state index contributed by atoms with van der Waals surface area (Å²) >= 11 is 6.03. The minimum Gasteiger partial charge on any atom is -0.493 e. The largest absolute Gasteiger partial charge is 0.493 e. The maximum atomic E-state index is 6.03. The first-order valence-electron chi connectivity index (χ1n) is 6.12. The first-order valence-corrected chi connectivity index (χ1v) is 6.66. The van der Waals surface area contributed by atoms with Crippen molar-refractivity contribution in [3.05, 3.63) is 59.2 Å². The summed E-state index contributed by atoms with van der Waals surface area (Å²) in [5.41, 5.74) is 3.38. The maximum Gasteiger partial charge on any atom is 0.164 e. The van der Waals surface area contributed by atoms with Gasteiger partial charge in [-0.05, 0) is 17.2 Å². The molecule has 0 N–H and O–H groups in total. The molecule has 2 aromatic rings. The van der Waals surface area contributed by atoms with Crippen molar-refractivity contribution in [2.24, 2.45) is 0 Å². The van der Waals surface area contributed by atoms with E-state index in [1.807, 2.05) is 30.3 Å². The van der Waals surface area contributed by atoms with Gasteiger partial charge in [0.1, 0.15) is 0 Å². The molecule has 0 heterocycles. The first kappa shape index (κ1) is 13.8. The number of rotatable bonds is 5. The Morgan fingerprint density at radius 1 is 0.947 bits per heavy atom. The highest BCUT2D eigenvalue weighted by atomic mass is 35.5. The van der Waals surface area contributed by atoms with Crippen LogP contribution in [0, 0.1) is 0 Å². The molecule has 0 spiro atoms. The van der Waals surface area contributed by atoms with Crippen LogP contribution in [0.15, 0.2) is 42.5 Å². The van der Waals surface area contributed by atoms with E-state index >= 15 is 0 Å². The summed E-state index contributed by atoms with van der Waals surface area (Å²) in [6.45, 7) is 0. The minimum atomic E-state index is 0.461. The lowest BCUT2D eigenvalue weighted by Crippen LogP contribution is -2.01. The summed E-state index contributed by atoms with van der Waals surface area (Å²) in [4.78, 5) is 0. The summed E-state index contributed by atoms with van der Waals surface area (Å²) < 4.78 is 10.8. The molecule has 0 bridgehead atoms. The van der Waals surface area contributed by atoms with Crippen molar-refractivity contribution in [2.75, 3.05) is 14.2 Å². The standard InChI is InChI=1S/C16H17ClO2/c1-18-15-9-8-13(11-17)14(16(15)19-2)10-12-6-4-3-5-7-12/h3-9H,10-11H2,1-2H3. The van der Waals surface area contributed by atoms with Gasteiger partial charge in [-0.15, -0.1) is 11.6 Å². The quantitative estimate of drug-likeness (QED) is 0.768. The number of methoxy groups -OCH3 is 2. The van der Waals surface area contributed by atoms with Crippen LogP contribution < -0.4 is 9.47 Å². The van der Waals surface area contributed by atoms with Crippen LogP contribution in [0.1, 0.15) is 16.7 Å². The second-order valence-electron chi connectivity index (χ2n) is 4.23. The van der Waals surface area contributed by atoms with Gasteiger partial charge >= 0.3 is 0 Å². The molecular weight excluding hydrogens is 260 g/mol. The van der Waals surface area contributed by atoms with Crippen LogP contribution in [0.5, 0.6) is 11.5 Å². The number of alkyl halides is 1. The van der Waals surface area contributed by atoms with Crippen molar-refractivity contribution in [3.8, 4) is 11.5 Å². The fourth-order valence-corrected chi connectivity index (χ4v) is 2.40. The molecule has 0 aliphatic heterocycles. The molecule has 2 rings (SSSR count). The molecule has 100 valence electrons. The van der Waals surface area contributed by atoms with Gasteiger partial charge in [0.15, 0.2) is 11.5 Å². The van der Waals surface area contributed by atoms with E-state index in [0.29, 0.717) is 5.88 Å². The monoisotopic (exact) mass is 276 g/mol. The minimum absolute atomic E-state index is 0.461. The zero-order valence-corrected chi connectivity index (χ0v) is 11.9. The highest BCUT2D eigenvalue weighted by molar-refractivity contribution is 6.17. The molecule has 0 radical (unpaired) electrons. The average Bonchev–Trinajstić information content (AvgIpc) is 2.47. The number of halogens is 1. The number of hydrogen-bond acceptors (Lipinski definition) is 2. The molecule has 0 aliphatic carbocycles. The van der Waals surface area contributed by atoms with E-state index in [0.717, 1.165) is 29.0 Å². The molecular formula is C16H17ClO2. The van der Waals surface area contributed by atoms with E-state index in [9.17, 15) is 0 Å². The number of ether oxygens (including phenoxy) is 2. The molecule has 0 aromatic heterocycles. The highest BCUT2D eigenvalue weighted by Gasteiger charge is 2.14. The number of hydrogen-bond donors (Lipinski definition) is 0. The summed E-state index contributed by atoms with van der Waals surface area (Å²) in [5.74, 6) is 1.97. The van der Waals surface area contributed by atoms with E-state index in [1.54, 1.807) is 14.2 Å². The van der Waals surface area contributed by atoms with Crippen LogP contribution in [-0.4, -0.2) is 14.2 Å². The zero-order chi connectivity index (χ0) is 13.7. The third-order valence-corrected chi connectivity index (χ3v) is 3.40. The molecule has 3 heteroatoms. The molecule has 0 saturated carbocycles. The summed E-state index contributed by atoms with van der Waals surface area (Å²) in [7, 11) is 3.30. The van der Waals surface area contributed by atoms with E-state index < -0.39 is 0 Å². The lowest BCUT2D eigenvalue weighted by atomic mass is 9.99. The van der Waals surface area contributed by atoms with Crippen LogP contribution in [0.2, 0.25) is 0 Å². The SMILES string of the molecule is COc1ccc(CCl)c(Cc2ccccc2)c1OC. The Bertz CT molecular complexity index is 538. The molecule has 2 nitrogen and oxygen atoms in total. The van der Waals surface area contributed by atoms with Crippen molar-refractivity contribution in [1.29, 1.82) is 0 Å². The third-order valence-electron chi connectivity index (χ3n) is 3.11. The van der Waals surface area contributed by atoms with Gasteiger partial charge in [0, 0.05) is 17.9 Å². The van der Waals surface area contributed by atoms with Crippen LogP contribution in [0.4, 0.5) is 0 Å². The van der Waals surface area contributed by atoms with Crippen molar-refractivity contribution in [2.45, 2.75) is 12.3 Å². The van der Waals surface area contributed by atoms with Gasteiger partial charge < -0.3 is 9.47 Å². The summed E-state index contributed by atoms with van der Waals surface area (Å²) in [5, 5.41) is 0. The molecule has 0 amide bonds. The fraction of sp³-hybridized carbons (Fsp3) is 0.250. The number of benzene rings is 2. The Kier molecular flexibility index (Phi) is 4.69. The molecule has 19 heavy (non-hydrogen) atoms. The van der Waals surface area contributed by atoms with Gasteiger partial charge in [-0.25, -0.2) is 0 Å². The second-order valence-corrected chi connectivity index (χ2v) is 4.50. The van der Waals surface area contributed by atoms with E-state index in [1.165, 1.54) is 5.56 Å². The van der Waals surface area contributed by atoms with E-state index in [4.69, 9.17) is 21.1 Å². The normalized spacial score (nSPS) is 10.3. The van der Waals surface area contributed by atoms with Crippen molar-refractivity contribution in [1.82, 2.24) is 0 Å². The van der Waals surface area contributed by atoms with E-state index in [-0.39, 0.29) is 0 Å². The Labute approximate surface area is 118 Å². The van der Waals surface area contributed by atoms with Gasteiger partial charge in [-0.1, -0.05) is 36.4 Å². The summed E-state index contributed by atoms with van der Waals surface area (Å²) in [6.07, 6.45) is 0.781. The molecule has 2 aromatic carbocycles. The Balaban J connectivity index is 2.46. The van der Waals surface area contributed by atoms with Crippen LogP contribution in [0.3, 0.4) is 0 Å². The van der Waals surface area contributed by atoms with Gasteiger partial charge in [0.05, 0.1) is 14.2 Å². The smallest absolute Gasteiger partial charge is 0.164 e. The van der Waals surface area contributed by atoms with Crippen LogP contribution >= 0.6 is 11.6 Å². The molecule has 0 unspecified atom stereocenters. The van der Waals surface area contributed by atoms with Crippen molar-refractivity contribution < 1.29 is 9.47 Å². The molecule has 0 aliphatic rings. The topological polar surface area (TPSA) is 18.5 Å². The van der Waals surface area contributed by atoms with Gasteiger partial charge in [-0.3, -0.25) is 0 Å². The lowest BCUT2D eigenvalue weighted by molar-refractivity contribution is 0.352. The van der Waals surface area contributed by atoms with Gasteiger partial charge in [0.2, 0.25) is 0 Å². The summed E-state index contributed by atoms with van der Waals surface area (Å²) in [6, 6.07) is 14.1. The van der Waals surface area contributed by atoms with Crippen molar-refractivity contribution in [3.63, 3.8) is 0 Å². The van der Waals surface area contributed by atoms with Crippen molar-refractivity contribution >= 4 is 11.6 Å². The second kappa shape index (κ2) is 6.48. The van der Waals surface area contributed by atoms with Crippen LogP contribution in [-0.2, 0) is 12.3 Å². The Morgan fingerprint density at radius 2 is 1.68 bits per heavy atom. The molecule has 0 saturated heterocycles. The highest BCUT2D eigenvalue weighted by Crippen LogP contribution is 2.35. The van der Waals surface area contributed by atoms with Gasteiger partial charge in [0.25, 0.3) is 0 Å². The molecule has 0 fully saturated rings. The van der Waals surface area contributed by atoms with Gasteiger partial charge in [-0.2, -0.15) is 0 Å². The third kappa shape index (κ3) is 3.02. The Morgan fingerprint density at radius 3 is 2.26 bits per heavy atom. The predicted octanol–water partition coefficient (Wildman–Crippen LogP) is 4.03. The maximum absolute atomic E-state index is 6.03. The lowest BCUT2D eigenvalue weighted by Gasteiger charge is -2.16. The van der Waals surface area contributed by atoms with E-state index in [2.05, 4.69) is 12.1 Å². The fourth-order valence-electron chi connectivity index (χ4n) is 2.15. The molecule has 0 atom stereocenters. The first-order chi connectivity index (χ1) is 9.30. The Hall–Kier alpha value is -1.67. The zero-order valence-electron chi connectivity index (χ0n) is 11.2. The predicted molar refractivity (Wildman–Crippen MR) is 78.4 cm³/mol. The van der Waals surface area contributed by atoms with Crippen LogP contribution in [0.25, 0.3) is 0 Å². The average molecular weight is 277 g/mol.